The van der Waals surface area contributed by atoms with Crippen molar-refractivity contribution in [2.45, 2.75) is 101 Å². The standard InChI is InChI=1S/C46H55ClN10O6S/c1-28-24-32(9-10-34(28)49-44-48-26-30-25-33(47)43(60)57(41(30)51-44)38-8-5-17-46(38)18-19-46)64(62,63)55-22-13-29(14-23-55)27-52(2)31-15-20-54(21-16-31)35-6-4-7-36-40(35)53(3)45(61)56(36)37-11-12-39(58)50-42(37)59/h4,6-7,9-10,24-26,29,31,37-38H,5,8,11-23,27H2,1-3H3,(H,48,49,51)(H,50,58,59). The van der Waals surface area contributed by atoms with Gasteiger partial charge in [-0.25, -0.2) is 18.2 Å². The number of aryl methyl sites for hydroxylation is 2. The number of carbonyl (C=O) groups excluding carboxylic acids is 2. The van der Waals surface area contributed by atoms with E-state index in [2.05, 4.69) is 32.5 Å². The number of carbonyl (C=O) groups is 2. The van der Waals surface area contributed by atoms with E-state index in [1.807, 2.05) is 25.1 Å². The molecule has 64 heavy (non-hydrogen) atoms. The van der Waals surface area contributed by atoms with Gasteiger partial charge in [-0.2, -0.15) is 9.29 Å². The summed E-state index contributed by atoms with van der Waals surface area (Å²) in [4.78, 5) is 65.8. The topological polar surface area (TPSA) is 177 Å². The van der Waals surface area contributed by atoms with Gasteiger partial charge in [0.25, 0.3) is 5.56 Å². The number of nitrogens with one attached hydrogen (secondary N) is 2. The second kappa shape index (κ2) is 16.4. The SMILES string of the molecule is Cc1cc(S(=O)(=O)N2CCC(CN(C)C3CCN(c4cccc5c4n(C)c(=O)n5C4CCC(=O)NC4=O)CC3)CC2)ccc1Nc1ncc2cc(Cl)c(=O)n(C3CCCC34CC4)c2n1. The van der Waals surface area contributed by atoms with E-state index >= 15 is 0 Å². The van der Waals surface area contributed by atoms with Crippen LogP contribution >= 0.6 is 11.6 Å². The van der Waals surface area contributed by atoms with Crippen molar-refractivity contribution in [3.8, 4) is 0 Å². The molecule has 2 amide bonds. The third-order valence-electron chi connectivity index (χ3n) is 15.0. The molecule has 6 heterocycles. The Bertz CT molecular complexity index is 2930. The quantitative estimate of drug-likeness (QED) is 0.166. The van der Waals surface area contributed by atoms with E-state index in [1.165, 1.54) is 4.57 Å². The van der Waals surface area contributed by atoms with Crippen molar-refractivity contribution < 1.29 is 18.0 Å². The maximum Gasteiger partial charge on any atom is 0.329 e. The maximum atomic E-state index is 14.0. The van der Waals surface area contributed by atoms with Crippen molar-refractivity contribution in [3.63, 3.8) is 0 Å². The number of hydrogen-bond acceptors (Lipinski definition) is 11. The van der Waals surface area contributed by atoms with Crippen LogP contribution in [0.2, 0.25) is 5.02 Å². The molecule has 2 saturated carbocycles. The monoisotopic (exact) mass is 910 g/mol. The van der Waals surface area contributed by atoms with Crippen LogP contribution in [0.25, 0.3) is 22.1 Å². The highest BCUT2D eigenvalue weighted by Gasteiger charge is 2.53. The molecule has 2 aromatic carbocycles. The molecular formula is C46H55ClN10O6S. The van der Waals surface area contributed by atoms with Crippen molar-refractivity contribution in [2.24, 2.45) is 18.4 Å². The fourth-order valence-corrected chi connectivity index (χ4v) is 13.0. The Morgan fingerprint density at radius 3 is 2.42 bits per heavy atom. The van der Waals surface area contributed by atoms with Gasteiger partial charge >= 0.3 is 5.69 Å². The summed E-state index contributed by atoms with van der Waals surface area (Å²) < 4.78 is 34.5. The van der Waals surface area contributed by atoms with Gasteiger partial charge in [0.15, 0.2) is 0 Å². The van der Waals surface area contributed by atoms with Crippen molar-refractivity contribution in [2.75, 3.05) is 50.0 Å². The normalized spacial score (nSPS) is 22.3. The molecule has 10 rings (SSSR count). The Hall–Kier alpha value is -5.10. The number of sulfonamides is 1. The van der Waals surface area contributed by atoms with Crippen LogP contribution in [-0.2, 0) is 26.7 Å². The minimum Gasteiger partial charge on any atom is -0.370 e. The number of pyridine rings is 1. The Balaban J connectivity index is 0.751. The lowest BCUT2D eigenvalue weighted by atomic mass is 9.95. The first-order chi connectivity index (χ1) is 30.7. The number of halogens is 1. The molecule has 2 unspecified atom stereocenters. The molecule has 18 heteroatoms. The van der Waals surface area contributed by atoms with Gasteiger partial charge in [0.1, 0.15) is 16.7 Å². The lowest BCUT2D eigenvalue weighted by molar-refractivity contribution is -0.135. The van der Waals surface area contributed by atoms with Crippen LogP contribution in [0.15, 0.2) is 63.1 Å². The average Bonchev–Trinajstić information content (AvgIpc) is 3.89. The lowest BCUT2D eigenvalue weighted by Gasteiger charge is -2.40. The number of benzene rings is 2. The first-order valence-electron chi connectivity index (χ1n) is 22.7. The van der Waals surface area contributed by atoms with Gasteiger partial charge in [0, 0.05) is 75.5 Å². The zero-order valence-corrected chi connectivity index (χ0v) is 38.1. The molecule has 3 aliphatic heterocycles. The highest BCUT2D eigenvalue weighted by Crippen LogP contribution is 2.63. The summed E-state index contributed by atoms with van der Waals surface area (Å²) in [6.07, 6.45) is 10.9. The molecule has 5 aromatic rings. The number of rotatable bonds is 10. The second-order valence-electron chi connectivity index (χ2n) is 18.8. The molecule has 2 aliphatic carbocycles. The molecule has 338 valence electrons. The summed E-state index contributed by atoms with van der Waals surface area (Å²) in [5.41, 5.74) is 4.07. The van der Waals surface area contributed by atoms with Gasteiger partial charge in [-0.15, -0.1) is 0 Å². The fraction of sp³-hybridized carbons (Fsp3) is 0.522. The maximum absolute atomic E-state index is 14.0. The number of aromatic nitrogens is 5. The van der Waals surface area contributed by atoms with Gasteiger partial charge < -0.3 is 15.1 Å². The number of piperidine rings is 3. The van der Waals surface area contributed by atoms with Crippen LogP contribution in [0.4, 0.5) is 17.3 Å². The minimum atomic E-state index is -3.72. The number of para-hydroxylation sites is 1. The molecule has 16 nitrogen and oxygen atoms in total. The van der Waals surface area contributed by atoms with E-state index in [1.54, 1.807) is 50.9 Å². The van der Waals surface area contributed by atoms with E-state index in [0.29, 0.717) is 59.7 Å². The summed E-state index contributed by atoms with van der Waals surface area (Å²) in [5, 5.41) is 6.54. The summed E-state index contributed by atoms with van der Waals surface area (Å²) in [6.45, 7) is 5.28. The van der Waals surface area contributed by atoms with E-state index in [9.17, 15) is 27.6 Å². The van der Waals surface area contributed by atoms with E-state index in [4.69, 9.17) is 16.6 Å². The molecule has 0 bridgehead atoms. The van der Waals surface area contributed by atoms with Crippen molar-refractivity contribution in [1.29, 1.82) is 0 Å². The molecular weight excluding hydrogens is 856 g/mol. The predicted molar refractivity (Wildman–Crippen MR) is 246 cm³/mol. The van der Waals surface area contributed by atoms with Crippen molar-refractivity contribution >= 4 is 72.8 Å². The van der Waals surface area contributed by atoms with Gasteiger partial charge in [-0.3, -0.25) is 33.4 Å². The Morgan fingerprint density at radius 2 is 1.70 bits per heavy atom. The number of fused-ring (bicyclic) bond motifs is 2. The van der Waals surface area contributed by atoms with E-state index < -0.39 is 22.0 Å². The van der Waals surface area contributed by atoms with Crippen LogP contribution in [0.5, 0.6) is 0 Å². The third-order valence-corrected chi connectivity index (χ3v) is 17.2. The number of imidazole rings is 1. The largest absolute Gasteiger partial charge is 0.370 e. The molecule has 3 saturated heterocycles. The summed E-state index contributed by atoms with van der Waals surface area (Å²) in [5.74, 6) is -0.0588. The number of nitrogens with zero attached hydrogens (tertiary/aromatic N) is 8. The van der Waals surface area contributed by atoms with Crippen molar-refractivity contribution in [1.82, 2.24) is 38.2 Å². The van der Waals surface area contributed by atoms with E-state index in [-0.39, 0.29) is 45.0 Å². The first kappa shape index (κ1) is 42.8. The summed E-state index contributed by atoms with van der Waals surface area (Å²) in [7, 11) is 0.188. The second-order valence-corrected chi connectivity index (χ2v) is 21.2. The molecule has 5 fully saturated rings. The number of imide groups is 1. The first-order valence-corrected chi connectivity index (χ1v) is 24.5. The van der Waals surface area contributed by atoms with Crippen LogP contribution in [0.1, 0.15) is 88.3 Å². The van der Waals surface area contributed by atoms with Gasteiger partial charge in [-0.1, -0.05) is 24.1 Å². The zero-order chi connectivity index (χ0) is 44.7. The van der Waals surface area contributed by atoms with Gasteiger partial charge in [-0.05, 0) is 125 Å². The average molecular weight is 912 g/mol. The Labute approximate surface area is 376 Å². The van der Waals surface area contributed by atoms with Crippen LogP contribution in [-0.4, -0.2) is 98.9 Å². The van der Waals surface area contributed by atoms with Gasteiger partial charge in [0.05, 0.1) is 21.6 Å². The third kappa shape index (κ3) is 7.51. The number of amides is 2. The fourth-order valence-electron chi connectivity index (χ4n) is 11.2. The highest BCUT2D eigenvalue weighted by molar-refractivity contribution is 7.89. The van der Waals surface area contributed by atoms with Crippen LogP contribution in [0, 0.1) is 18.3 Å². The van der Waals surface area contributed by atoms with Crippen LogP contribution in [0.3, 0.4) is 0 Å². The smallest absolute Gasteiger partial charge is 0.329 e. The molecule has 3 aromatic heterocycles. The molecule has 1 spiro atoms. The zero-order valence-electron chi connectivity index (χ0n) is 36.6. The summed E-state index contributed by atoms with van der Waals surface area (Å²) in [6, 6.07) is 12.3. The lowest BCUT2D eigenvalue weighted by Crippen LogP contribution is -2.46. The van der Waals surface area contributed by atoms with E-state index in [0.717, 1.165) is 94.2 Å². The summed E-state index contributed by atoms with van der Waals surface area (Å²) >= 11 is 6.42. The van der Waals surface area contributed by atoms with Crippen molar-refractivity contribution in [3.05, 3.63) is 80.1 Å². The molecule has 5 aliphatic rings. The number of anilines is 3. The molecule has 0 radical (unpaired) electrons. The molecule has 2 atom stereocenters. The Morgan fingerprint density at radius 1 is 0.938 bits per heavy atom. The van der Waals surface area contributed by atoms with Gasteiger partial charge in [0.2, 0.25) is 27.8 Å². The van der Waals surface area contributed by atoms with Crippen LogP contribution < -0.4 is 26.8 Å². The predicted octanol–water partition coefficient (Wildman–Crippen LogP) is 5.63. The highest BCUT2D eigenvalue weighted by atomic mass is 35.5. The Kier molecular flexibility index (Phi) is 11.0. The minimum absolute atomic E-state index is 0.0650. The number of hydrogen-bond donors (Lipinski definition) is 2. The molecule has 2 N–H and O–H groups in total.